The molecule has 3 saturated heterocycles. The van der Waals surface area contributed by atoms with Crippen LogP contribution in [0.1, 0.15) is 24.8 Å². The summed E-state index contributed by atoms with van der Waals surface area (Å²) >= 11 is 0. The van der Waals surface area contributed by atoms with Crippen molar-refractivity contribution < 1.29 is 8.42 Å². The molecule has 4 aliphatic rings. The number of nitrogens with zero attached hydrogens (tertiary/aromatic N) is 4. The van der Waals surface area contributed by atoms with Crippen LogP contribution in [-0.4, -0.2) is 77.2 Å². The van der Waals surface area contributed by atoms with Gasteiger partial charge in [-0.15, -0.1) is 0 Å². The first-order valence-electron chi connectivity index (χ1n) is 10.3. The molecule has 1 aromatic carbocycles. The van der Waals surface area contributed by atoms with E-state index < -0.39 is 10.0 Å². The van der Waals surface area contributed by atoms with Gasteiger partial charge in [-0.1, -0.05) is 12.1 Å². The second-order valence-electron chi connectivity index (χ2n) is 8.81. The van der Waals surface area contributed by atoms with E-state index >= 15 is 0 Å². The van der Waals surface area contributed by atoms with Crippen molar-refractivity contribution in [3.05, 3.63) is 23.8 Å². The predicted molar refractivity (Wildman–Crippen MR) is 113 cm³/mol. The highest BCUT2D eigenvalue weighted by Gasteiger charge is 2.46. The summed E-state index contributed by atoms with van der Waals surface area (Å²) in [6.45, 7) is 6.36. The van der Waals surface area contributed by atoms with E-state index in [1.165, 1.54) is 29.6 Å². The third kappa shape index (κ3) is 3.11. The smallest absolute Gasteiger partial charge is 0.211 e. The second kappa shape index (κ2) is 6.71. The first-order chi connectivity index (χ1) is 13.5. The van der Waals surface area contributed by atoms with Crippen molar-refractivity contribution in [3.63, 3.8) is 0 Å². The molecule has 0 atom stereocenters. The Morgan fingerprint density at radius 2 is 2.00 bits per heavy atom. The third-order valence-electron chi connectivity index (χ3n) is 6.86. The molecule has 0 radical (unpaired) electrons. The molecular formula is C20H29N5O2S. The Bertz CT molecular complexity index is 878. The molecule has 0 saturated carbocycles. The van der Waals surface area contributed by atoms with E-state index in [0.717, 1.165) is 39.0 Å². The lowest BCUT2D eigenvalue weighted by molar-refractivity contribution is 0.243. The first-order valence-corrected chi connectivity index (χ1v) is 12.1. The molecule has 8 heteroatoms. The van der Waals surface area contributed by atoms with Crippen molar-refractivity contribution in [1.29, 1.82) is 0 Å². The summed E-state index contributed by atoms with van der Waals surface area (Å²) < 4.78 is 25.3. The summed E-state index contributed by atoms with van der Waals surface area (Å²) in [5.74, 6) is 0. The van der Waals surface area contributed by atoms with Gasteiger partial charge in [0.2, 0.25) is 10.0 Å². The van der Waals surface area contributed by atoms with E-state index in [-0.39, 0.29) is 0 Å². The summed E-state index contributed by atoms with van der Waals surface area (Å²) in [4.78, 5) is 9.53. The number of nitrogens with one attached hydrogen (secondary N) is 1. The van der Waals surface area contributed by atoms with Crippen LogP contribution >= 0.6 is 0 Å². The van der Waals surface area contributed by atoms with Crippen molar-refractivity contribution in [1.82, 2.24) is 9.62 Å². The van der Waals surface area contributed by atoms with Crippen molar-refractivity contribution in [2.24, 2.45) is 10.4 Å². The Morgan fingerprint density at radius 3 is 2.68 bits per heavy atom. The maximum absolute atomic E-state index is 11.9. The molecule has 0 unspecified atom stereocenters. The number of sulfonamides is 1. The van der Waals surface area contributed by atoms with Gasteiger partial charge in [0.15, 0.2) is 0 Å². The SMILES string of the molecule is CS(=O)(=O)N1CCC(N2CN=Cc3cccc(N4CC5(CCNC5)C4)c32)CC1. The molecule has 3 fully saturated rings. The zero-order valence-electron chi connectivity index (χ0n) is 16.5. The minimum atomic E-state index is -3.10. The van der Waals surface area contributed by atoms with E-state index in [4.69, 9.17) is 0 Å². The van der Waals surface area contributed by atoms with Crippen molar-refractivity contribution in [2.45, 2.75) is 25.3 Å². The van der Waals surface area contributed by atoms with Crippen LogP contribution in [-0.2, 0) is 10.0 Å². The number of piperidine rings is 1. The number of para-hydroxylation sites is 1. The third-order valence-corrected chi connectivity index (χ3v) is 8.16. The van der Waals surface area contributed by atoms with E-state index in [2.05, 4.69) is 38.3 Å². The predicted octanol–water partition coefficient (Wildman–Crippen LogP) is 1.11. The Hall–Kier alpha value is -1.64. The molecule has 0 amide bonds. The highest BCUT2D eigenvalue weighted by atomic mass is 32.2. The maximum Gasteiger partial charge on any atom is 0.211 e. The molecule has 0 bridgehead atoms. The quantitative estimate of drug-likeness (QED) is 0.819. The van der Waals surface area contributed by atoms with Crippen LogP contribution in [0.3, 0.4) is 0 Å². The summed E-state index contributed by atoms with van der Waals surface area (Å²) in [5, 5.41) is 3.51. The normalized spacial score (nSPS) is 25.2. The lowest BCUT2D eigenvalue weighted by atomic mass is 9.78. The minimum Gasteiger partial charge on any atom is -0.368 e. The van der Waals surface area contributed by atoms with Crippen LogP contribution in [0.5, 0.6) is 0 Å². The number of anilines is 2. The van der Waals surface area contributed by atoms with Gasteiger partial charge in [0, 0.05) is 56.0 Å². The topological polar surface area (TPSA) is 68.2 Å². The molecule has 1 spiro atoms. The molecule has 0 aromatic heterocycles. The average Bonchev–Trinajstić information content (AvgIpc) is 3.16. The van der Waals surface area contributed by atoms with Crippen LogP contribution < -0.4 is 15.1 Å². The number of benzene rings is 1. The van der Waals surface area contributed by atoms with Crippen LogP contribution in [0.25, 0.3) is 0 Å². The number of hydrogen-bond acceptors (Lipinski definition) is 6. The van der Waals surface area contributed by atoms with Gasteiger partial charge in [-0.25, -0.2) is 12.7 Å². The van der Waals surface area contributed by atoms with Gasteiger partial charge in [-0.3, -0.25) is 4.99 Å². The Balaban J connectivity index is 1.38. The van der Waals surface area contributed by atoms with Gasteiger partial charge >= 0.3 is 0 Å². The monoisotopic (exact) mass is 403 g/mol. The summed E-state index contributed by atoms with van der Waals surface area (Å²) in [6.07, 6.45) is 6.28. The maximum atomic E-state index is 11.9. The minimum absolute atomic E-state index is 0.332. The highest BCUT2D eigenvalue weighted by molar-refractivity contribution is 7.88. The van der Waals surface area contributed by atoms with Gasteiger partial charge < -0.3 is 15.1 Å². The molecular weight excluding hydrogens is 374 g/mol. The number of hydrogen-bond donors (Lipinski definition) is 1. The van der Waals surface area contributed by atoms with E-state index in [1.54, 1.807) is 4.31 Å². The van der Waals surface area contributed by atoms with Crippen LogP contribution in [0.4, 0.5) is 11.4 Å². The average molecular weight is 404 g/mol. The Morgan fingerprint density at radius 1 is 1.21 bits per heavy atom. The second-order valence-corrected chi connectivity index (χ2v) is 10.8. The van der Waals surface area contributed by atoms with E-state index in [9.17, 15) is 8.42 Å². The van der Waals surface area contributed by atoms with Crippen LogP contribution in [0, 0.1) is 5.41 Å². The Kier molecular flexibility index (Phi) is 4.41. The number of rotatable bonds is 3. The standard InChI is InChI=1S/C20H29N5O2S/c1-28(26,27)24-9-5-17(6-10-24)25-15-22-11-16-3-2-4-18(19(16)25)23-13-20(14-23)7-8-21-12-20/h2-4,11,17,21H,5-10,12-15H2,1H3. The highest BCUT2D eigenvalue weighted by Crippen LogP contribution is 2.44. The van der Waals surface area contributed by atoms with Gasteiger partial charge in [-0.2, -0.15) is 0 Å². The summed E-state index contributed by atoms with van der Waals surface area (Å²) in [7, 11) is -3.10. The van der Waals surface area contributed by atoms with Crippen molar-refractivity contribution in [2.75, 3.05) is 62.0 Å². The molecule has 4 heterocycles. The van der Waals surface area contributed by atoms with Crippen LogP contribution in [0.15, 0.2) is 23.2 Å². The van der Waals surface area contributed by atoms with Gasteiger partial charge in [0.05, 0.1) is 17.6 Å². The molecule has 1 N–H and O–H groups in total. The first kappa shape index (κ1) is 18.4. The van der Waals surface area contributed by atoms with Crippen molar-refractivity contribution in [3.8, 4) is 0 Å². The van der Waals surface area contributed by atoms with Gasteiger partial charge in [0.25, 0.3) is 0 Å². The summed E-state index contributed by atoms with van der Waals surface area (Å²) in [5.41, 5.74) is 4.24. The zero-order chi connectivity index (χ0) is 19.4. The van der Waals surface area contributed by atoms with E-state index in [0.29, 0.717) is 31.2 Å². The molecule has 152 valence electrons. The number of aliphatic imine (C=N–C) groups is 1. The van der Waals surface area contributed by atoms with Crippen molar-refractivity contribution >= 4 is 27.6 Å². The molecule has 4 aliphatic heterocycles. The molecule has 0 aliphatic carbocycles. The zero-order valence-corrected chi connectivity index (χ0v) is 17.3. The largest absolute Gasteiger partial charge is 0.368 e. The van der Waals surface area contributed by atoms with Gasteiger partial charge in [0.1, 0.15) is 6.67 Å². The fourth-order valence-electron chi connectivity index (χ4n) is 5.30. The summed E-state index contributed by atoms with van der Waals surface area (Å²) in [6, 6.07) is 6.85. The lowest BCUT2D eigenvalue weighted by Gasteiger charge is -2.51. The van der Waals surface area contributed by atoms with Gasteiger partial charge in [-0.05, 0) is 31.9 Å². The molecule has 1 aromatic rings. The number of fused-ring (bicyclic) bond motifs is 1. The molecule has 7 nitrogen and oxygen atoms in total. The fourth-order valence-corrected chi connectivity index (χ4v) is 6.18. The Labute approximate surface area is 167 Å². The molecule has 28 heavy (non-hydrogen) atoms. The molecule has 5 rings (SSSR count). The van der Waals surface area contributed by atoms with E-state index in [1.807, 2.05) is 6.21 Å². The lowest BCUT2D eigenvalue weighted by Crippen LogP contribution is -2.58. The van der Waals surface area contributed by atoms with Crippen LogP contribution in [0.2, 0.25) is 0 Å². The fraction of sp³-hybridized carbons (Fsp3) is 0.650.